The van der Waals surface area contributed by atoms with E-state index in [2.05, 4.69) is 22.5 Å². The van der Waals surface area contributed by atoms with E-state index >= 15 is 0 Å². The maximum absolute atomic E-state index is 12.0. The Labute approximate surface area is 143 Å². The number of halogens is 3. The van der Waals surface area contributed by atoms with E-state index in [-0.39, 0.29) is 30.9 Å². The number of carbonyl (C=O) groups is 2. The zero-order valence-electron chi connectivity index (χ0n) is 13.7. The van der Waals surface area contributed by atoms with Gasteiger partial charge in [0.2, 0.25) is 5.91 Å². The van der Waals surface area contributed by atoms with E-state index in [4.69, 9.17) is 4.74 Å². The second kappa shape index (κ2) is 9.67. The Bertz CT molecular complexity index is 618. The molecule has 0 spiro atoms. The lowest BCUT2D eigenvalue weighted by Gasteiger charge is -2.13. The molecular weight excluding hydrogens is 339 g/mol. The third kappa shape index (κ3) is 7.71. The summed E-state index contributed by atoms with van der Waals surface area (Å²) >= 11 is 0. The molecule has 0 unspecified atom stereocenters. The third-order valence-corrected chi connectivity index (χ3v) is 2.91. The highest BCUT2D eigenvalue weighted by Crippen LogP contribution is 2.22. The molecule has 1 aromatic carbocycles. The number of nitrogens with one attached hydrogen (secondary N) is 3. The van der Waals surface area contributed by atoms with Crippen molar-refractivity contribution < 1.29 is 27.5 Å². The predicted octanol–water partition coefficient (Wildman–Crippen LogP) is 2.55. The van der Waals surface area contributed by atoms with Gasteiger partial charge in [-0.1, -0.05) is 6.58 Å². The molecule has 1 rings (SSSR count). The number of ether oxygens (including phenoxy) is 1. The highest BCUT2D eigenvalue weighted by Gasteiger charge is 2.25. The summed E-state index contributed by atoms with van der Waals surface area (Å²) in [4.78, 5) is 23.4. The van der Waals surface area contributed by atoms with Crippen LogP contribution in [-0.2, 0) is 9.53 Å². The Hall–Kier alpha value is -2.55. The van der Waals surface area contributed by atoms with Crippen molar-refractivity contribution in [3.8, 4) is 0 Å². The van der Waals surface area contributed by atoms with Gasteiger partial charge in [-0.3, -0.25) is 4.79 Å². The number of amides is 1. The molecule has 0 aliphatic carbocycles. The van der Waals surface area contributed by atoms with Gasteiger partial charge in [0.25, 0.3) is 0 Å². The smallest absolute Gasteiger partial charge is 0.401 e. The van der Waals surface area contributed by atoms with Gasteiger partial charge < -0.3 is 20.7 Å². The van der Waals surface area contributed by atoms with Crippen LogP contribution in [0.2, 0.25) is 0 Å². The van der Waals surface area contributed by atoms with Crippen molar-refractivity contribution >= 4 is 23.3 Å². The Morgan fingerprint density at radius 3 is 2.60 bits per heavy atom. The second-order valence-electron chi connectivity index (χ2n) is 4.89. The first-order valence-corrected chi connectivity index (χ1v) is 7.52. The molecule has 0 atom stereocenters. The molecule has 0 aliphatic rings. The van der Waals surface area contributed by atoms with E-state index in [1.165, 1.54) is 12.1 Å². The highest BCUT2D eigenvalue weighted by molar-refractivity contribution is 6.05. The quantitative estimate of drug-likeness (QED) is 0.359. The van der Waals surface area contributed by atoms with Crippen molar-refractivity contribution in [2.24, 2.45) is 0 Å². The summed E-state index contributed by atoms with van der Waals surface area (Å²) in [5.74, 6) is -1.10. The lowest BCUT2D eigenvalue weighted by molar-refractivity contribution is -0.124. The van der Waals surface area contributed by atoms with Crippen LogP contribution < -0.4 is 16.0 Å². The minimum atomic E-state index is -4.26. The number of hydrogen-bond donors (Lipinski definition) is 3. The number of alkyl halides is 3. The van der Waals surface area contributed by atoms with E-state index in [1.807, 2.05) is 0 Å². The van der Waals surface area contributed by atoms with Crippen LogP contribution in [0.4, 0.5) is 24.5 Å². The first kappa shape index (κ1) is 20.5. The Morgan fingerprint density at radius 1 is 1.28 bits per heavy atom. The number of carbonyl (C=O) groups excluding carboxylic acids is 2. The van der Waals surface area contributed by atoms with Gasteiger partial charge in [0, 0.05) is 18.8 Å². The van der Waals surface area contributed by atoms with E-state index in [1.54, 1.807) is 13.0 Å². The lowest BCUT2D eigenvalue weighted by Crippen LogP contribution is -2.32. The van der Waals surface area contributed by atoms with Crippen LogP contribution in [0.3, 0.4) is 0 Å². The van der Waals surface area contributed by atoms with Crippen molar-refractivity contribution in [1.82, 2.24) is 5.32 Å². The average molecular weight is 359 g/mol. The highest BCUT2D eigenvalue weighted by atomic mass is 19.4. The molecule has 138 valence electrons. The van der Waals surface area contributed by atoms with Crippen LogP contribution in [0.15, 0.2) is 30.9 Å². The lowest BCUT2D eigenvalue weighted by atomic mass is 10.1. The molecule has 0 aliphatic heterocycles. The molecule has 0 saturated carbocycles. The number of anilines is 2. The number of hydrogen-bond acceptors (Lipinski definition) is 5. The van der Waals surface area contributed by atoms with E-state index in [0.29, 0.717) is 5.69 Å². The van der Waals surface area contributed by atoms with Crippen LogP contribution in [-0.4, -0.2) is 44.3 Å². The largest absolute Gasteiger partial charge is 0.462 e. The van der Waals surface area contributed by atoms with Gasteiger partial charge in [-0.25, -0.2) is 4.79 Å². The molecule has 0 bridgehead atoms. The molecule has 0 heterocycles. The van der Waals surface area contributed by atoms with Crippen LogP contribution in [0, 0.1) is 0 Å². The fourth-order valence-electron chi connectivity index (χ4n) is 1.85. The SMILES string of the molecule is C=CC(=O)Nc1cc(NCCNCC(F)(F)F)ccc1C(=O)OCC. The van der Waals surface area contributed by atoms with Gasteiger partial charge in [-0.15, -0.1) is 0 Å². The van der Waals surface area contributed by atoms with Gasteiger partial charge in [0.05, 0.1) is 24.4 Å². The molecule has 0 saturated heterocycles. The molecule has 6 nitrogen and oxygen atoms in total. The molecule has 1 amide bonds. The Kier molecular flexibility index (Phi) is 7.93. The predicted molar refractivity (Wildman–Crippen MR) is 88.6 cm³/mol. The normalized spacial score (nSPS) is 10.9. The first-order valence-electron chi connectivity index (χ1n) is 7.52. The van der Waals surface area contributed by atoms with Crippen LogP contribution in [0.1, 0.15) is 17.3 Å². The van der Waals surface area contributed by atoms with E-state index < -0.39 is 24.6 Å². The van der Waals surface area contributed by atoms with Gasteiger partial charge >= 0.3 is 12.1 Å². The van der Waals surface area contributed by atoms with Crippen molar-refractivity contribution in [2.75, 3.05) is 36.9 Å². The van der Waals surface area contributed by atoms with Gasteiger partial charge in [-0.2, -0.15) is 13.2 Å². The number of benzene rings is 1. The number of rotatable bonds is 9. The number of esters is 1. The van der Waals surface area contributed by atoms with Crippen molar-refractivity contribution in [1.29, 1.82) is 0 Å². The van der Waals surface area contributed by atoms with Crippen LogP contribution in [0.5, 0.6) is 0 Å². The fourth-order valence-corrected chi connectivity index (χ4v) is 1.85. The summed E-state index contributed by atoms with van der Waals surface area (Å²) in [7, 11) is 0. The third-order valence-electron chi connectivity index (χ3n) is 2.91. The summed E-state index contributed by atoms with van der Waals surface area (Å²) < 4.78 is 41.0. The molecule has 25 heavy (non-hydrogen) atoms. The zero-order valence-corrected chi connectivity index (χ0v) is 13.7. The molecule has 9 heteroatoms. The monoisotopic (exact) mass is 359 g/mol. The summed E-state index contributed by atoms with van der Waals surface area (Å²) in [6, 6.07) is 4.53. The van der Waals surface area contributed by atoms with Gasteiger partial charge in [0.1, 0.15) is 0 Å². The molecule has 1 aromatic rings. The topological polar surface area (TPSA) is 79.5 Å². The maximum atomic E-state index is 12.0. The Balaban J connectivity index is 2.74. The molecule has 0 radical (unpaired) electrons. The maximum Gasteiger partial charge on any atom is 0.401 e. The van der Waals surface area contributed by atoms with E-state index in [9.17, 15) is 22.8 Å². The van der Waals surface area contributed by atoms with Gasteiger partial charge in [0.15, 0.2) is 0 Å². The zero-order chi connectivity index (χ0) is 18.9. The van der Waals surface area contributed by atoms with Crippen LogP contribution >= 0.6 is 0 Å². The Morgan fingerprint density at radius 2 is 2.00 bits per heavy atom. The van der Waals surface area contributed by atoms with E-state index in [0.717, 1.165) is 6.08 Å². The first-order chi connectivity index (χ1) is 11.8. The second-order valence-corrected chi connectivity index (χ2v) is 4.89. The van der Waals surface area contributed by atoms with Crippen molar-refractivity contribution in [3.05, 3.63) is 36.4 Å². The summed E-state index contributed by atoms with van der Waals surface area (Å²) in [6.45, 7) is 4.42. The minimum absolute atomic E-state index is 0.0908. The van der Waals surface area contributed by atoms with Gasteiger partial charge in [-0.05, 0) is 31.2 Å². The summed E-state index contributed by atoms with van der Waals surface area (Å²) in [6.07, 6.45) is -3.21. The van der Waals surface area contributed by atoms with Crippen LogP contribution in [0.25, 0.3) is 0 Å². The summed E-state index contributed by atoms with van der Waals surface area (Å²) in [5.41, 5.74) is 0.913. The van der Waals surface area contributed by atoms with Crippen molar-refractivity contribution in [2.45, 2.75) is 13.1 Å². The van der Waals surface area contributed by atoms with Crippen molar-refractivity contribution in [3.63, 3.8) is 0 Å². The molecule has 0 aromatic heterocycles. The molecule has 3 N–H and O–H groups in total. The molecular formula is C16H20F3N3O3. The minimum Gasteiger partial charge on any atom is -0.462 e. The standard InChI is InChI=1S/C16H20F3N3O3/c1-3-14(23)22-13-9-11(5-6-12(13)15(24)25-4-2)21-8-7-20-10-16(17,18)19/h3,5-6,9,20-21H,1,4,7-8,10H2,2H3,(H,22,23). The average Bonchev–Trinajstić information content (AvgIpc) is 2.53. The molecule has 0 fully saturated rings. The summed E-state index contributed by atoms with van der Waals surface area (Å²) in [5, 5.41) is 7.65. The fraction of sp³-hybridized carbons (Fsp3) is 0.375.